The lowest BCUT2D eigenvalue weighted by Crippen LogP contribution is -2.19. The lowest BCUT2D eigenvalue weighted by atomic mass is 10.1. The van der Waals surface area contributed by atoms with Crippen LogP contribution in [0.2, 0.25) is 0 Å². The highest BCUT2D eigenvalue weighted by atomic mass is 16.5. The summed E-state index contributed by atoms with van der Waals surface area (Å²) >= 11 is 0. The van der Waals surface area contributed by atoms with Gasteiger partial charge in [-0.15, -0.1) is 0 Å². The van der Waals surface area contributed by atoms with Gasteiger partial charge in [-0.2, -0.15) is 5.10 Å². The Bertz CT molecular complexity index is 919. The van der Waals surface area contributed by atoms with Gasteiger partial charge in [0.2, 0.25) is 0 Å². The Morgan fingerprint density at radius 2 is 1.76 bits per heavy atom. The lowest BCUT2D eigenvalue weighted by molar-refractivity contribution is 0.100. The van der Waals surface area contributed by atoms with Gasteiger partial charge in [-0.1, -0.05) is 30.3 Å². The highest BCUT2D eigenvalue weighted by molar-refractivity contribution is 6.08. The number of benzene rings is 2. The summed E-state index contributed by atoms with van der Waals surface area (Å²) in [6, 6.07) is 15.8. The monoisotopic (exact) mass is 336 g/mol. The Morgan fingerprint density at radius 3 is 2.44 bits per heavy atom. The summed E-state index contributed by atoms with van der Waals surface area (Å²) in [4.78, 5) is 24.1. The van der Waals surface area contributed by atoms with Crippen LogP contribution in [0.3, 0.4) is 0 Å². The van der Waals surface area contributed by atoms with Gasteiger partial charge < -0.3 is 15.8 Å². The molecule has 7 heteroatoms. The van der Waals surface area contributed by atoms with E-state index in [1.807, 2.05) is 30.3 Å². The summed E-state index contributed by atoms with van der Waals surface area (Å²) < 4.78 is 6.80. The minimum atomic E-state index is -0.627. The second-order valence-corrected chi connectivity index (χ2v) is 5.19. The number of carbonyl (C=O) groups is 2. The molecule has 0 fully saturated rings. The zero-order valence-electron chi connectivity index (χ0n) is 13.5. The van der Waals surface area contributed by atoms with Gasteiger partial charge in [0.1, 0.15) is 0 Å². The highest BCUT2D eigenvalue weighted by Crippen LogP contribution is 2.22. The molecule has 126 valence electrons. The van der Waals surface area contributed by atoms with E-state index in [0.717, 1.165) is 5.69 Å². The maximum Gasteiger partial charge on any atom is 0.280 e. The van der Waals surface area contributed by atoms with Crippen LogP contribution in [0.25, 0.3) is 5.69 Å². The summed E-state index contributed by atoms with van der Waals surface area (Å²) in [6.07, 6.45) is 1.62. The average molecular weight is 336 g/mol. The van der Waals surface area contributed by atoms with E-state index in [0.29, 0.717) is 11.4 Å². The molecule has 3 N–H and O–H groups in total. The number of primary amides is 1. The molecule has 1 aromatic heterocycles. The molecule has 0 saturated carbocycles. The molecule has 7 nitrogen and oxygen atoms in total. The molecule has 0 spiro atoms. The van der Waals surface area contributed by atoms with Gasteiger partial charge in [-0.3, -0.25) is 9.59 Å². The van der Waals surface area contributed by atoms with Crippen molar-refractivity contribution in [3.63, 3.8) is 0 Å². The maximum atomic E-state index is 12.6. The fourth-order valence-corrected chi connectivity index (χ4v) is 2.37. The fourth-order valence-electron chi connectivity index (χ4n) is 2.37. The predicted octanol–water partition coefficient (Wildman–Crippen LogP) is 2.23. The first-order valence-electron chi connectivity index (χ1n) is 7.49. The molecule has 2 aromatic carbocycles. The first-order chi connectivity index (χ1) is 12.1. The number of hydrogen-bond donors (Lipinski definition) is 2. The van der Waals surface area contributed by atoms with Gasteiger partial charge in [-0.05, 0) is 24.3 Å². The number of ether oxygens (including phenoxy) is 1. The van der Waals surface area contributed by atoms with Crippen molar-refractivity contribution in [1.29, 1.82) is 0 Å². The molecule has 25 heavy (non-hydrogen) atoms. The number of nitrogens with one attached hydrogen (secondary N) is 1. The molecule has 0 aliphatic heterocycles. The number of anilines is 1. The highest BCUT2D eigenvalue weighted by Gasteiger charge is 2.20. The topological polar surface area (TPSA) is 99.2 Å². The minimum Gasteiger partial charge on any atom is -0.493 e. The van der Waals surface area contributed by atoms with E-state index in [2.05, 4.69) is 10.4 Å². The number of methoxy groups -OCH3 is 1. The number of aromatic nitrogens is 2. The largest absolute Gasteiger partial charge is 0.493 e. The van der Waals surface area contributed by atoms with E-state index in [1.165, 1.54) is 13.2 Å². The number of hydrogen-bond acceptors (Lipinski definition) is 4. The lowest BCUT2D eigenvalue weighted by Gasteiger charge is -2.08. The van der Waals surface area contributed by atoms with Crippen LogP contribution in [0.1, 0.15) is 20.8 Å². The van der Waals surface area contributed by atoms with Crippen LogP contribution in [0, 0.1) is 0 Å². The standard InChI is InChI=1S/C18H16N4O3/c1-25-15-11-22(12-7-3-2-4-8-12)21-16(15)18(24)20-14-10-6-5-9-13(14)17(19)23/h2-11H,1H3,(H2,19,23)(H,20,24). The van der Waals surface area contributed by atoms with Crippen LogP contribution in [0.15, 0.2) is 60.8 Å². The number of carbonyl (C=O) groups excluding carboxylic acids is 2. The maximum absolute atomic E-state index is 12.6. The van der Waals surface area contributed by atoms with E-state index >= 15 is 0 Å². The first-order valence-corrected chi connectivity index (χ1v) is 7.49. The second-order valence-electron chi connectivity index (χ2n) is 5.19. The predicted molar refractivity (Wildman–Crippen MR) is 93.0 cm³/mol. The normalized spacial score (nSPS) is 10.3. The Labute approximate surface area is 144 Å². The van der Waals surface area contributed by atoms with Crippen molar-refractivity contribution in [3.8, 4) is 11.4 Å². The molecule has 0 bridgehead atoms. The third-order valence-corrected chi connectivity index (χ3v) is 3.58. The molecule has 0 aliphatic carbocycles. The van der Waals surface area contributed by atoms with Gasteiger partial charge in [-0.25, -0.2) is 4.68 Å². The SMILES string of the molecule is COc1cn(-c2ccccc2)nc1C(=O)Nc1ccccc1C(N)=O. The van der Waals surface area contributed by atoms with Crippen molar-refractivity contribution in [2.45, 2.75) is 0 Å². The van der Waals surface area contributed by atoms with Crippen molar-refractivity contribution in [2.75, 3.05) is 12.4 Å². The van der Waals surface area contributed by atoms with Crippen molar-refractivity contribution in [1.82, 2.24) is 9.78 Å². The number of nitrogens with zero attached hydrogens (tertiary/aromatic N) is 2. The molecule has 0 atom stereocenters. The average Bonchev–Trinajstić information content (AvgIpc) is 3.07. The summed E-state index contributed by atoms with van der Waals surface area (Å²) in [6.45, 7) is 0. The van der Waals surface area contributed by atoms with Crippen molar-refractivity contribution in [2.24, 2.45) is 5.73 Å². The zero-order chi connectivity index (χ0) is 17.8. The van der Waals surface area contributed by atoms with Crippen LogP contribution in [0.5, 0.6) is 5.75 Å². The van der Waals surface area contributed by atoms with E-state index in [1.54, 1.807) is 29.1 Å². The molecular formula is C18H16N4O3. The smallest absolute Gasteiger partial charge is 0.280 e. The summed E-state index contributed by atoms with van der Waals surface area (Å²) in [5.74, 6) is -0.809. The molecule has 3 rings (SSSR count). The fraction of sp³-hybridized carbons (Fsp3) is 0.0556. The summed E-state index contributed by atoms with van der Waals surface area (Å²) in [5.41, 5.74) is 6.76. The minimum absolute atomic E-state index is 0.102. The Balaban J connectivity index is 1.93. The van der Waals surface area contributed by atoms with E-state index < -0.39 is 11.8 Å². The van der Waals surface area contributed by atoms with E-state index in [4.69, 9.17) is 10.5 Å². The molecule has 3 aromatic rings. The van der Waals surface area contributed by atoms with Gasteiger partial charge >= 0.3 is 0 Å². The van der Waals surface area contributed by atoms with E-state index in [9.17, 15) is 9.59 Å². The van der Waals surface area contributed by atoms with Crippen LogP contribution < -0.4 is 15.8 Å². The van der Waals surface area contributed by atoms with Gasteiger partial charge in [0, 0.05) is 0 Å². The molecule has 0 aliphatic rings. The van der Waals surface area contributed by atoms with Gasteiger partial charge in [0.25, 0.3) is 11.8 Å². The van der Waals surface area contributed by atoms with Gasteiger partial charge in [0.15, 0.2) is 11.4 Å². The van der Waals surface area contributed by atoms with Gasteiger partial charge in [0.05, 0.1) is 30.2 Å². The summed E-state index contributed by atoms with van der Waals surface area (Å²) in [7, 11) is 1.46. The Kier molecular flexibility index (Phi) is 4.47. The summed E-state index contributed by atoms with van der Waals surface area (Å²) in [5, 5.41) is 6.94. The number of nitrogens with two attached hydrogens (primary N) is 1. The van der Waals surface area contributed by atoms with Crippen LogP contribution in [-0.4, -0.2) is 28.7 Å². The number of amides is 2. The molecule has 0 saturated heterocycles. The molecular weight excluding hydrogens is 320 g/mol. The second kappa shape index (κ2) is 6.88. The molecule has 0 unspecified atom stereocenters. The Morgan fingerprint density at radius 1 is 1.08 bits per heavy atom. The van der Waals surface area contributed by atoms with Crippen molar-refractivity contribution < 1.29 is 14.3 Å². The number of para-hydroxylation sites is 2. The molecule has 2 amide bonds. The Hall–Kier alpha value is -3.61. The zero-order valence-corrected chi connectivity index (χ0v) is 13.5. The van der Waals surface area contributed by atoms with Crippen LogP contribution >= 0.6 is 0 Å². The molecule has 0 radical (unpaired) electrons. The molecule has 1 heterocycles. The third kappa shape index (κ3) is 3.35. The van der Waals surface area contributed by atoms with E-state index in [-0.39, 0.29) is 11.3 Å². The van der Waals surface area contributed by atoms with Crippen LogP contribution in [0.4, 0.5) is 5.69 Å². The van der Waals surface area contributed by atoms with Crippen molar-refractivity contribution >= 4 is 17.5 Å². The third-order valence-electron chi connectivity index (χ3n) is 3.58. The quantitative estimate of drug-likeness (QED) is 0.746. The number of rotatable bonds is 5. The first kappa shape index (κ1) is 16.3. The van der Waals surface area contributed by atoms with Crippen LogP contribution in [-0.2, 0) is 0 Å². The van der Waals surface area contributed by atoms with Crippen molar-refractivity contribution in [3.05, 3.63) is 72.1 Å².